The maximum absolute atomic E-state index is 10.3. The Bertz CT molecular complexity index is 297. The molecular formula is C9H11BrO3. The SMILES string of the molecule is CC.O=Cc1c(Br)ccc(O)c1O. The van der Waals surface area contributed by atoms with E-state index in [4.69, 9.17) is 10.2 Å². The highest BCUT2D eigenvalue weighted by Crippen LogP contribution is 2.32. The average Bonchev–Trinajstić information content (AvgIpc) is 2.16. The molecule has 0 aliphatic rings. The first-order valence-electron chi connectivity index (χ1n) is 3.82. The van der Waals surface area contributed by atoms with Crippen LogP contribution in [-0.4, -0.2) is 16.5 Å². The van der Waals surface area contributed by atoms with E-state index < -0.39 is 5.75 Å². The minimum Gasteiger partial charge on any atom is -0.504 e. The van der Waals surface area contributed by atoms with Crippen LogP contribution in [0.4, 0.5) is 0 Å². The molecule has 0 spiro atoms. The fourth-order valence-electron chi connectivity index (χ4n) is 0.684. The van der Waals surface area contributed by atoms with Crippen LogP contribution in [0.25, 0.3) is 0 Å². The Labute approximate surface area is 85.1 Å². The standard InChI is InChI=1S/C7H5BrO3.C2H6/c8-5-1-2-6(10)7(11)4(5)3-9;1-2/h1-3,10-11H;1-2H3. The van der Waals surface area contributed by atoms with Gasteiger partial charge in [0, 0.05) is 4.47 Å². The second-order valence-electron chi connectivity index (χ2n) is 1.95. The molecule has 0 bridgehead atoms. The third-order valence-corrected chi connectivity index (χ3v) is 1.95. The molecule has 1 aromatic carbocycles. The molecule has 0 aliphatic heterocycles. The van der Waals surface area contributed by atoms with E-state index in [1.54, 1.807) is 0 Å². The van der Waals surface area contributed by atoms with E-state index in [2.05, 4.69) is 15.9 Å². The average molecular weight is 247 g/mol. The van der Waals surface area contributed by atoms with E-state index in [9.17, 15) is 4.79 Å². The molecule has 3 nitrogen and oxygen atoms in total. The predicted octanol–water partition coefficient (Wildman–Crippen LogP) is 2.70. The normalized spacial score (nSPS) is 8.54. The summed E-state index contributed by atoms with van der Waals surface area (Å²) < 4.78 is 0.461. The lowest BCUT2D eigenvalue weighted by Crippen LogP contribution is -1.83. The largest absolute Gasteiger partial charge is 0.504 e. The van der Waals surface area contributed by atoms with Gasteiger partial charge >= 0.3 is 0 Å². The molecule has 0 radical (unpaired) electrons. The Hall–Kier alpha value is -1.03. The highest BCUT2D eigenvalue weighted by atomic mass is 79.9. The Morgan fingerprint density at radius 3 is 2.23 bits per heavy atom. The lowest BCUT2D eigenvalue weighted by atomic mass is 10.2. The molecule has 72 valence electrons. The number of hydrogen-bond acceptors (Lipinski definition) is 3. The van der Waals surface area contributed by atoms with Crippen molar-refractivity contribution in [3.63, 3.8) is 0 Å². The van der Waals surface area contributed by atoms with E-state index >= 15 is 0 Å². The number of benzene rings is 1. The summed E-state index contributed by atoms with van der Waals surface area (Å²) in [4.78, 5) is 10.3. The summed E-state index contributed by atoms with van der Waals surface area (Å²) in [6.07, 6.45) is 0.471. The zero-order valence-electron chi connectivity index (χ0n) is 7.41. The number of hydrogen-bond donors (Lipinski definition) is 2. The number of phenolic OH excluding ortho intramolecular Hbond substituents is 2. The molecule has 0 saturated heterocycles. The number of carbonyl (C=O) groups excluding carboxylic acids is 1. The number of aldehydes is 1. The first-order valence-corrected chi connectivity index (χ1v) is 4.61. The second-order valence-corrected chi connectivity index (χ2v) is 2.80. The number of phenols is 2. The van der Waals surface area contributed by atoms with Crippen LogP contribution in [0.3, 0.4) is 0 Å². The highest BCUT2D eigenvalue weighted by molar-refractivity contribution is 9.10. The first-order chi connectivity index (χ1) is 6.16. The molecule has 0 unspecified atom stereocenters. The molecule has 4 heteroatoms. The maximum atomic E-state index is 10.3. The van der Waals surface area contributed by atoms with Gasteiger partial charge in [-0.3, -0.25) is 4.79 Å². The van der Waals surface area contributed by atoms with Crippen LogP contribution in [0.1, 0.15) is 24.2 Å². The summed E-state index contributed by atoms with van der Waals surface area (Å²) in [6.45, 7) is 4.00. The Balaban J connectivity index is 0.000000671. The van der Waals surface area contributed by atoms with E-state index in [1.165, 1.54) is 12.1 Å². The summed E-state index contributed by atoms with van der Waals surface area (Å²) in [6, 6.07) is 2.78. The minimum atomic E-state index is -0.394. The van der Waals surface area contributed by atoms with Crippen molar-refractivity contribution in [2.45, 2.75) is 13.8 Å². The van der Waals surface area contributed by atoms with Crippen molar-refractivity contribution in [2.75, 3.05) is 0 Å². The molecule has 1 aromatic rings. The number of rotatable bonds is 1. The van der Waals surface area contributed by atoms with Crippen LogP contribution in [0.5, 0.6) is 11.5 Å². The van der Waals surface area contributed by atoms with Gasteiger partial charge in [-0.1, -0.05) is 13.8 Å². The van der Waals surface area contributed by atoms with Crippen molar-refractivity contribution in [1.29, 1.82) is 0 Å². The number of carbonyl (C=O) groups is 1. The van der Waals surface area contributed by atoms with Crippen molar-refractivity contribution < 1.29 is 15.0 Å². The number of halogens is 1. The van der Waals surface area contributed by atoms with Crippen molar-refractivity contribution in [3.8, 4) is 11.5 Å². The van der Waals surface area contributed by atoms with Crippen molar-refractivity contribution in [3.05, 3.63) is 22.2 Å². The zero-order chi connectivity index (χ0) is 10.4. The van der Waals surface area contributed by atoms with Crippen LogP contribution in [0.15, 0.2) is 16.6 Å². The molecule has 0 fully saturated rings. The van der Waals surface area contributed by atoms with Crippen LogP contribution < -0.4 is 0 Å². The molecular weight excluding hydrogens is 236 g/mol. The zero-order valence-corrected chi connectivity index (χ0v) is 9.00. The first kappa shape index (κ1) is 12.0. The van der Waals surface area contributed by atoms with Gasteiger partial charge in [-0.15, -0.1) is 0 Å². The lowest BCUT2D eigenvalue weighted by molar-refractivity contribution is 0.111. The Kier molecular flexibility index (Phi) is 5.14. The summed E-state index contributed by atoms with van der Waals surface area (Å²) in [7, 11) is 0. The Morgan fingerprint density at radius 1 is 1.31 bits per heavy atom. The van der Waals surface area contributed by atoms with Gasteiger partial charge in [0.2, 0.25) is 0 Å². The molecule has 0 heterocycles. The maximum Gasteiger partial charge on any atom is 0.169 e. The fourth-order valence-corrected chi connectivity index (χ4v) is 1.10. The van der Waals surface area contributed by atoms with Crippen molar-refractivity contribution >= 4 is 22.2 Å². The second kappa shape index (κ2) is 5.59. The summed E-state index contributed by atoms with van der Waals surface area (Å²) in [5, 5.41) is 18.0. The minimum absolute atomic E-state index is 0.0602. The summed E-state index contributed by atoms with van der Waals surface area (Å²) >= 11 is 3.04. The van der Waals surface area contributed by atoms with Gasteiger partial charge in [-0.25, -0.2) is 0 Å². The summed E-state index contributed by atoms with van der Waals surface area (Å²) in [5.41, 5.74) is 0.0602. The fraction of sp³-hybridized carbons (Fsp3) is 0.222. The van der Waals surface area contributed by atoms with E-state index in [-0.39, 0.29) is 11.3 Å². The molecule has 0 aliphatic carbocycles. The predicted molar refractivity (Wildman–Crippen MR) is 54.2 cm³/mol. The van der Waals surface area contributed by atoms with Crippen LogP contribution >= 0.6 is 15.9 Å². The van der Waals surface area contributed by atoms with Gasteiger partial charge in [0.25, 0.3) is 0 Å². The smallest absolute Gasteiger partial charge is 0.169 e. The highest BCUT2D eigenvalue weighted by Gasteiger charge is 2.08. The molecule has 0 atom stereocenters. The quantitative estimate of drug-likeness (QED) is 0.592. The number of aromatic hydroxyl groups is 2. The Morgan fingerprint density at radius 2 is 1.85 bits per heavy atom. The van der Waals surface area contributed by atoms with Gasteiger partial charge in [0.15, 0.2) is 17.8 Å². The van der Waals surface area contributed by atoms with E-state index in [0.717, 1.165) is 0 Å². The van der Waals surface area contributed by atoms with E-state index in [0.29, 0.717) is 10.8 Å². The van der Waals surface area contributed by atoms with E-state index in [1.807, 2.05) is 13.8 Å². The monoisotopic (exact) mass is 246 g/mol. The van der Waals surface area contributed by atoms with Crippen LogP contribution in [0, 0.1) is 0 Å². The molecule has 13 heavy (non-hydrogen) atoms. The molecule has 1 rings (SSSR count). The summed E-state index contributed by atoms with van der Waals surface area (Å²) in [5.74, 6) is -0.690. The van der Waals surface area contributed by atoms with Gasteiger partial charge in [0.05, 0.1) is 5.56 Å². The van der Waals surface area contributed by atoms with Crippen LogP contribution in [-0.2, 0) is 0 Å². The van der Waals surface area contributed by atoms with Crippen molar-refractivity contribution in [1.82, 2.24) is 0 Å². The molecule has 0 aromatic heterocycles. The topological polar surface area (TPSA) is 57.5 Å². The molecule has 2 N–H and O–H groups in total. The van der Waals surface area contributed by atoms with Gasteiger partial charge in [-0.05, 0) is 28.1 Å². The van der Waals surface area contributed by atoms with Gasteiger partial charge in [-0.2, -0.15) is 0 Å². The van der Waals surface area contributed by atoms with Gasteiger partial charge in [0.1, 0.15) is 0 Å². The van der Waals surface area contributed by atoms with Crippen molar-refractivity contribution in [2.24, 2.45) is 0 Å². The third kappa shape index (κ3) is 2.73. The molecule has 0 amide bonds. The van der Waals surface area contributed by atoms with Gasteiger partial charge < -0.3 is 10.2 Å². The van der Waals surface area contributed by atoms with Crippen LogP contribution in [0.2, 0.25) is 0 Å². The molecule has 0 saturated carbocycles. The lowest BCUT2D eigenvalue weighted by Gasteiger charge is -2.01. The third-order valence-electron chi connectivity index (χ3n) is 1.26.